The minimum absolute atomic E-state index is 0.221. The molecule has 0 radical (unpaired) electrons. The molecule has 20 heavy (non-hydrogen) atoms. The molecule has 3 nitrogen and oxygen atoms in total. The molecular formula is C17H24N2O. The molecule has 0 aliphatic heterocycles. The Morgan fingerprint density at radius 2 is 2.00 bits per heavy atom. The van der Waals surface area contributed by atoms with Crippen LogP contribution in [0.4, 0.5) is 5.69 Å². The maximum absolute atomic E-state index is 12.9. The van der Waals surface area contributed by atoms with Gasteiger partial charge in [0, 0.05) is 24.8 Å². The van der Waals surface area contributed by atoms with Crippen LogP contribution < -0.4 is 5.32 Å². The van der Waals surface area contributed by atoms with E-state index in [9.17, 15) is 4.79 Å². The highest BCUT2D eigenvalue weighted by Crippen LogP contribution is 2.36. The summed E-state index contributed by atoms with van der Waals surface area (Å²) in [4.78, 5) is 15.0. The van der Waals surface area contributed by atoms with Gasteiger partial charge in [-0.05, 0) is 50.2 Å². The van der Waals surface area contributed by atoms with Crippen LogP contribution in [0.3, 0.4) is 0 Å². The number of rotatable bonds is 7. The van der Waals surface area contributed by atoms with Gasteiger partial charge in [-0.3, -0.25) is 4.79 Å². The molecule has 0 bridgehead atoms. The van der Waals surface area contributed by atoms with Gasteiger partial charge in [0.15, 0.2) is 0 Å². The molecule has 3 rings (SSSR count). The van der Waals surface area contributed by atoms with Crippen molar-refractivity contribution in [1.82, 2.24) is 4.90 Å². The molecule has 2 aliphatic rings. The summed E-state index contributed by atoms with van der Waals surface area (Å²) >= 11 is 0. The normalized spacial score (nSPS) is 17.9. The fourth-order valence-electron chi connectivity index (χ4n) is 2.60. The van der Waals surface area contributed by atoms with Gasteiger partial charge in [-0.15, -0.1) is 0 Å². The molecule has 0 spiro atoms. The summed E-state index contributed by atoms with van der Waals surface area (Å²) in [6, 6.07) is 8.44. The van der Waals surface area contributed by atoms with Gasteiger partial charge >= 0.3 is 0 Å². The zero-order valence-corrected chi connectivity index (χ0v) is 12.3. The van der Waals surface area contributed by atoms with E-state index in [1.807, 2.05) is 24.3 Å². The van der Waals surface area contributed by atoms with Gasteiger partial charge in [-0.25, -0.2) is 0 Å². The Kier molecular flexibility index (Phi) is 3.95. The minimum atomic E-state index is 0.221. The second-order valence-corrected chi connectivity index (χ2v) is 6.10. The van der Waals surface area contributed by atoms with Crippen LogP contribution in [0.15, 0.2) is 24.3 Å². The SMILES string of the molecule is CCCNc1ccccc1C(=O)N(CC1CC1)C1CC1. The van der Waals surface area contributed by atoms with Crippen molar-refractivity contribution in [3.8, 4) is 0 Å². The van der Waals surface area contributed by atoms with Gasteiger partial charge < -0.3 is 10.2 Å². The zero-order valence-electron chi connectivity index (χ0n) is 12.3. The smallest absolute Gasteiger partial charge is 0.256 e. The third-order valence-electron chi connectivity index (χ3n) is 4.12. The molecule has 2 fully saturated rings. The van der Waals surface area contributed by atoms with E-state index in [1.165, 1.54) is 25.7 Å². The highest BCUT2D eigenvalue weighted by Gasteiger charge is 2.37. The predicted molar refractivity (Wildman–Crippen MR) is 82.0 cm³/mol. The summed E-state index contributed by atoms with van der Waals surface area (Å²) in [6.45, 7) is 4.02. The number of hydrogen-bond donors (Lipinski definition) is 1. The first-order chi connectivity index (χ1) is 9.79. The summed E-state index contributed by atoms with van der Waals surface area (Å²) in [7, 11) is 0. The average molecular weight is 272 g/mol. The van der Waals surface area contributed by atoms with Gasteiger partial charge in [0.05, 0.1) is 5.56 Å². The Bertz CT molecular complexity index is 478. The molecule has 0 aromatic heterocycles. The van der Waals surface area contributed by atoms with Crippen LogP contribution in [0.5, 0.6) is 0 Å². The molecule has 2 saturated carbocycles. The summed E-state index contributed by atoms with van der Waals surface area (Å²) in [5.74, 6) is 0.980. The number of carbonyl (C=O) groups is 1. The Balaban J connectivity index is 1.76. The molecule has 2 aliphatic carbocycles. The Labute approximate surface area is 121 Å². The lowest BCUT2D eigenvalue weighted by molar-refractivity contribution is 0.0736. The molecule has 0 unspecified atom stereocenters. The molecule has 1 aromatic rings. The fraction of sp³-hybridized carbons (Fsp3) is 0.588. The monoisotopic (exact) mass is 272 g/mol. The van der Waals surface area contributed by atoms with Crippen LogP contribution in [0.25, 0.3) is 0 Å². The Hall–Kier alpha value is -1.51. The van der Waals surface area contributed by atoms with Crippen LogP contribution >= 0.6 is 0 Å². The van der Waals surface area contributed by atoms with Gasteiger partial charge in [-0.1, -0.05) is 19.1 Å². The van der Waals surface area contributed by atoms with Crippen molar-refractivity contribution in [3.05, 3.63) is 29.8 Å². The topological polar surface area (TPSA) is 32.3 Å². The van der Waals surface area contributed by atoms with Crippen molar-refractivity contribution in [1.29, 1.82) is 0 Å². The summed E-state index contributed by atoms with van der Waals surface area (Å²) < 4.78 is 0. The largest absolute Gasteiger partial charge is 0.384 e. The van der Waals surface area contributed by atoms with E-state index in [0.717, 1.165) is 36.7 Å². The van der Waals surface area contributed by atoms with Crippen LogP contribution in [0, 0.1) is 5.92 Å². The van der Waals surface area contributed by atoms with E-state index < -0.39 is 0 Å². The Morgan fingerprint density at radius 1 is 1.25 bits per heavy atom. The second kappa shape index (κ2) is 5.86. The van der Waals surface area contributed by atoms with Crippen molar-refractivity contribution < 1.29 is 4.79 Å². The van der Waals surface area contributed by atoms with E-state index >= 15 is 0 Å². The molecule has 108 valence electrons. The minimum Gasteiger partial charge on any atom is -0.384 e. The fourth-order valence-corrected chi connectivity index (χ4v) is 2.60. The van der Waals surface area contributed by atoms with Crippen molar-refractivity contribution in [2.24, 2.45) is 5.92 Å². The number of nitrogens with zero attached hydrogens (tertiary/aromatic N) is 1. The molecule has 1 amide bonds. The standard InChI is InChI=1S/C17H24N2O/c1-2-11-18-16-6-4-3-5-15(16)17(20)19(14-9-10-14)12-13-7-8-13/h3-6,13-14,18H,2,7-12H2,1H3. The molecule has 0 atom stereocenters. The third kappa shape index (κ3) is 3.14. The van der Waals surface area contributed by atoms with E-state index in [-0.39, 0.29) is 5.91 Å². The lowest BCUT2D eigenvalue weighted by Crippen LogP contribution is -2.35. The van der Waals surface area contributed by atoms with Gasteiger partial charge in [0.25, 0.3) is 5.91 Å². The lowest BCUT2D eigenvalue weighted by atomic mass is 10.1. The van der Waals surface area contributed by atoms with Gasteiger partial charge in [0.2, 0.25) is 0 Å². The number of para-hydroxylation sites is 1. The second-order valence-electron chi connectivity index (χ2n) is 6.10. The number of amides is 1. The Morgan fingerprint density at radius 3 is 2.65 bits per heavy atom. The molecular weight excluding hydrogens is 248 g/mol. The maximum Gasteiger partial charge on any atom is 0.256 e. The summed E-state index contributed by atoms with van der Waals surface area (Å²) in [5.41, 5.74) is 1.83. The molecule has 3 heteroatoms. The summed E-state index contributed by atoms with van der Waals surface area (Å²) in [6.07, 6.45) is 6.03. The first-order valence-corrected chi connectivity index (χ1v) is 7.93. The van der Waals surface area contributed by atoms with Crippen molar-refractivity contribution in [3.63, 3.8) is 0 Å². The number of nitrogens with one attached hydrogen (secondary N) is 1. The van der Waals surface area contributed by atoms with Crippen LogP contribution in [0.2, 0.25) is 0 Å². The highest BCUT2D eigenvalue weighted by molar-refractivity contribution is 6.00. The number of carbonyl (C=O) groups excluding carboxylic acids is 1. The predicted octanol–water partition coefficient (Wildman–Crippen LogP) is 3.52. The highest BCUT2D eigenvalue weighted by atomic mass is 16.2. The number of anilines is 1. The molecule has 0 heterocycles. The summed E-state index contributed by atoms with van der Waals surface area (Å²) in [5, 5.41) is 3.38. The first-order valence-electron chi connectivity index (χ1n) is 7.93. The van der Waals surface area contributed by atoms with E-state index in [0.29, 0.717) is 6.04 Å². The lowest BCUT2D eigenvalue weighted by Gasteiger charge is -2.24. The van der Waals surface area contributed by atoms with E-state index in [1.54, 1.807) is 0 Å². The van der Waals surface area contributed by atoms with Crippen LogP contribution in [-0.2, 0) is 0 Å². The van der Waals surface area contributed by atoms with Crippen molar-refractivity contribution in [2.45, 2.75) is 45.1 Å². The first kappa shape index (κ1) is 13.5. The van der Waals surface area contributed by atoms with E-state index in [2.05, 4.69) is 17.1 Å². The van der Waals surface area contributed by atoms with Crippen LogP contribution in [0.1, 0.15) is 49.4 Å². The van der Waals surface area contributed by atoms with E-state index in [4.69, 9.17) is 0 Å². The molecule has 0 saturated heterocycles. The number of benzene rings is 1. The van der Waals surface area contributed by atoms with Gasteiger partial charge in [-0.2, -0.15) is 0 Å². The van der Waals surface area contributed by atoms with Gasteiger partial charge in [0.1, 0.15) is 0 Å². The number of hydrogen-bond acceptors (Lipinski definition) is 2. The third-order valence-corrected chi connectivity index (χ3v) is 4.12. The van der Waals surface area contributed by atoms with Crippen molar-refractivity contribution >= 4 is 11.6 Å². The molecule has 1 aromatic carbocycles. The quantitative estimate of drug-likeness (QED) is 0.823. The van der Waals surface area contributed by atoms with Crippen molar-refractivity contribution in [2.75, 3.05) is 18.4 Å². The molecule has 1 N–H and O–H groups in total. The van der Waals surface area contributed by atoms with Crippen LogP contribution in [-0.4, -0.2) is 29.9 Å². The maximum atomic E-state index is 12.9. The zero-order chi connectivity index (χ0) is 13.9. The average Bonchev–Trinajstić information content (AvgIpc) is 3.35.